The van der Waals surface area contributed by atoms with Crippen LogP contribution in [0.4, 0.5) is 0 Å². The Hall–Kier alpha value is -0.860. The second-order valence-electron chi connectivity index (χ2n) is 6.76. The van der Waals surface area contributed by atoms with Crippen LogP contribution in [-0.4, -0.2) is 28.7 Å². The summed E-state index contributed by atoms with van der Waals surface area (Å²) in [6.07, 6.45) is 5.94. The minimum atomic E-state index is -0.0552. The van der Waals surface area contributed by atoms with E-state index in [-0.39, 0.29) is 6.10 Å². The second kappa shape index (κ2) is 5.87. The number of aliphatic hydroxyl groups excluding tert-OH is 1. The standard InChI is InChI=1S/C18H27NO/c1-13-8-9-15(11-14(13)2)12-19-10-4-6-17(19)16-5-3-7-18(16)20/h8-9,11,16-18,20H,3-7,10,12H2,1-2H3. The maximum absolute atomic E-state index is 10.2. The van der Waals surface area contributed by atoms with Gasteiger partial charge in [0, 0.05) is 18.5 Å². The lowest BCUT2D eigenvalue weighted by Gasteiger charge is -2.31. The van der Waals surface area contributed by atoms with E-state index in [4.69, 9.17) is 0 Å². The third kappa shape index (κ3) is 2.77. The molecule has 0 bridgehead atoms. The van der Waals surface area contributed by atoms with Crippen LogP contribution >= 0.6 is 0 Å². The molecular weight excluding hydrogens is 246 g/mol. The monoisotopic (exact) mass is 273 g/mol. The Bertz CT molecular complexity index is 470. The fraction of sp³-hybridized carbons (Fsp3) is 0.667. The Morgan fingerprint density at radius 2 is 1.95 bits per heavy atom. The van der Waals surface area contributed by atoms with Crippen molar-refractivity contribution in [3.05, 3.63) is 34.9 Å². The predicted octanol–water partition coefficient (Wildman–Crippen LogP) is 3.43. The van der Waals surface area contributed by atoms with Gasteiger partial charge in [-0.1, -0.05) is 24.6 Å². The van der Waals surface area contributed by atoms with Gasteiger partial charge in [-0.2, -0.15) is 0 Å². The second-order valence-corrected chi connectivity index (χ2v) is 6.76. The zero-order valence-electron chi connectivity index (χ0n) is 12.8. The number of hydrogen-bond donors (Lipinski definition) is 1. The highest BCUT2D eigenvalue weighted by Crippen LogP contribution is 2.36. The third-order valence-electron chi connectivity index (χ3n) is 5.40. The van der Waals surface area contributed by atoms with E-state index >= 15 is 0 Å². The summed E-state index contributed by atoms with van der Waals surface area (Å²) in [6, 6.07) is 7.44. The first-order chi connectivity index (χ1) is 9.65. The van der Waals surface area contributed by atoms with Crippen molar-refractivity contribution in [3.8, 4) is 0 Å². The zero-order valence-corrected chi connectivity index (χ0v) is 12.8. The fourth-order valence-corrected chi connectivity index (χ4v) is 4.09. The number of rotatable bonds is 3. The maximum Gasteiger partial charge on any atom is 0.0583 e. The van der Waals surface area contributed by atoms with Crippen molar-refractivity contribution in [2.45, 2.75) is 64.6 Å². The van der Waals surface area contributed by atoms with Crippen LogP contribution in [0.15, 0.2) is 18.2 Å². The molecule has 1 N–H and O–H groups in total. The quantitative estimate of drug-likeness (QED) is 0.912. The molecule has 0 aromatic heterocycles. The van der Waals surface area contributed by atoms with Crippen LogP contribution in [0.2, 0.25) is 0 Å². The van der Waals surface area contributed by atoms with Gasteiger partial charge in [-0.3, -0.25) is 4.90 Å². The van der Waals surface area contributed by atoms with Gasteiger partial charge in [0.2, 0.25) is 0 Å². The van der Waals surface area contributed by atoms with Gasteiger partial charge in [0.25, 0.3) is 0 Å². The molecule has 1 heterocycles. The zero-order chi connectivity index (χ0) is 14.1. The molecule has 3 atom stereocenters. The van der Waals surface area contributed by atoms with Gasteiger partial charge in [0.05, 0.1) is 6.10 Å². The van der Waals surface area contributed by atoms with Crippen molar-refractivity contribution in [1.29, 1.82) is 0 Å². The highest BCUT2D eigenvalue weighted by atomic mass is 16.3. The molecule has 3 unspecified atom stereocenters. The fourth-order valence-electron chi connectivity index (χ4n) is 4.09. The lowest BCUT2D eigenvalue weighted by molar-refractivity contribution is 0.0719. The van der Waals surface area contributed by atoms with Gasteiger partial charge in [-0.05, 0) is 62.8 Å². The van der Waals surface area contributed by atoms with E-state index in [1.165, 1.54) is 48.9 Å². The first kappa shape index (κ1) is 14.1. The summed E-state index contributed by atoms with van der Waals surface area (Å²) < 4.78 is 0. The van der Waals surface area contributed by atoms with Crippen LogP contribution in [0.1, 0.15) is 48.8 Å². The van der Waals surface area contributed by atoms with Gasteiger partial charge < -0.3 is 5.11 Å². The molecule has 1 aliphatic carbocycles. The summed E-state index contributed by atoms with van der Waals surface area (Å²) in [5.74, 6) is 0.518. The molecule has 3 rings (SSSR count). The number of aliphatic hydroxyl groups is 1. The smallest absolute Gasteiger partial charge is 0.0583 e. The molecule has 0 radical (unpaired) electrons. The Kier molecular flexibility index (Phi) is 4.13. The molecular formula is C18H27NO. The number of hydrogen-bond acceptors (Lipinski definition) is 2. The molecule has 1 aromatic rings. The molecule has 1 saturated heterocycles. The van der Waals surface area contributed by atoms with E-state index < -0.39 is 0 Å². The molecule has 20 heavy (non-hydrogen) atoms. The van der Waals surface area contributed by atoms with Gasteiger partial charge >= 0.3 is 0 Å². The van der Waals surface area contributed by atoms with Crippen molar-refractivity contribution in [1.82, 2.24) is 4.90 Å². The lowest BCUT2D eigenvalue weighted by atomic mass is 9.93. The molecule has 1 aliphatic heterocycles. The molecule has 2 nitrogen and oxygen atoms in total. The van der Waals surface area contributed by atoms with Crippen molar-refractivity contribution < 1.29 is 5.11 Å². The number of aryl methyl sites for hydroxylation is 2. The van der Waals surface area contributed by atoms with E-state index in [1.807, 2.05) is 0 Å². The van der Waals surface area contributed by atoms with E-state index in [0.717, 1.165) is 13.0 Å². The lowest BCUT2D eigenvalue weighted by Crippen LogP contribution is -2.38. The summed E-state index contributed by atoms with van der Waals surface area (Å²) in [6.45, 7) is 6.61. The largest absolute Gasteiger partial charge is 0.393 e. The molecule has 0 amide bonds. The topological polar surface area (TPSA) is 23.5 Å². The van der Waals surface area contributed by atoms with Crippen LogP contribution in [0.25, 0.3) is 0 Å². The Labute approximate surface area is 122 Å². The van der Waals surface area contributed by atoms with Crippen LogP contribution < -0.4 is 0 Å². The van der Waals surface area contributed by atoms with Crippen LogP contribution in [0.5, 0.6) is 0 Å². The average molecular weight is 273 g/mol. The first-order valence-electron chi connectivity index (χ1n) is 8.13. The molecule has 1 aromatic carbocycles. The third-order valence-corrected chi connectivity index (χ3v) is 5.40. The summed E-state index contributed by atoms with van der Waals surface area (Å²) in [7, 11) is 0. The van der Waals surface area contributed by atoms with Crippen LogP contribution in [0, 0.1) is 19.8 Å². The van der Waals surface area contributed by atoms with E-state index in [9.17, 15) is 5.11 Å². The minimum Gasteiger partial charge on any atom is -0.393 e. The summed E-state index contributed by atoms with van der Waals surface area (Å²) >= 11 is 0. The van der Waals surface area contributed by atoms with Crippen molar-refractivity contribution in [2.24, 2.45) is 5.92 Å². The summed E-state index contributed by atoms with van der Waals surface area (Å²) in [5, 5.41) is 10.2. The minimum absolute atomic E-state index is 0.0552. The predicted molar refractivity (Wildman–Crippen MR) is 82.7 cm³/mol. The van der Waals surface area contributed by atoms with Crippen LogP contribution in [0.3, 0.4) is 0 Å². The first-order valence-corrected chi connectivity index (χ1v) is 8.13. The van der Waals surface area contributed by atoms with Crippen LogP contribution in [-0.2, 0) is 6.54 Å². The molecule has 2 aliphatic rings. The Morgan fingerprint density at radius 3 is 2.65 bits per heavy atom. The highest BCUT2D eigenvalue weighted by molar-refractivity contribution is 5.30. The van der Waals surface area contributed by atoms with Gasteiger partial charge in [0.15, 0.2) is 0 Å². The Balaban J connectivity index is 1.70. The Morgan fingerprint density at radius 1 is 1.10 bits per heavy atom. The summed E-state index contributed by atoms with van der Waals surface area (Å²) in [5.41, 5.74) is 4.18. The summed E-state index contributed by atoms with van der Waals surface area (Å²) in [4.78, 5) is 2.61. The van der Waals surface area contributed by atoms with Crippen molar-refractivity contribution in [2.75, 3.05) is 6.54 Å². The van der Waals surface area contributed by atoms with Crippen molar-refractivity contribution >= 4 is 0 Å². The number of nitrogens with zero attached hydrogens (tertiary/aromatic N) is 1. The SMILES string of the molecule is Cc1ccc(CN2CCCC2C2CCCC2O)cc1C. The normalized spacial score (nSPS) is 31.1. The van der Waals surface area contributed by atoms with Gasteiger partial charge in [0.1, 0.15) is 0 Å². The maximum atomic E-state index is 10.2. The molecule has 0 spiro atoms. The van der Waals surface area contributed by atoms with Gasteiger partial charge in [-0.15, -0.1) is 0 Å². The van der Waals surface area contributed by atoms with Gasteiger partial charge in [-0.25, -0.2) is 0 Å². The molecule has 110 valence electrons. The number of likely N-dealkylation sites (tertiary alicyclic amines) is 1. The average Bonchev–Trinajstić information content (AvgIpc) is 3.02. The van der Waals surface area contributed by atoms with E-state index in [2.05, 4.69) is 36.9 Å². The number of benzene rings is 1. The molecule has 1 saturated carbocycles. The van der Waals surface area contributed by atoms with Crippen molar-refractivity contribution in [3.63, 3.8) is 0 Å². The van der Waals surface area contributed by atoms with E-state index in [1.54, 1.807) is 0 Å². The van der Waals surface area contributed by atoms with E-state index in [0.29, 0.717) is 12.0 Å². The molecule has 2 fully saturated rings. The molecule has 2 heteroatoms. The highest BCUT2D eigenvalue weighted by Gasteiger charge is 2.37.